The lowest BCUT2D eigenvalue weighted by Gasteiger charge is -2.28. The van der Waals surface area contributed by atoms with E-state index in [2.05, 4.69) is 21.4 Å². The van der Waals surface area contributed by atoms with Crippen molar-refractivity contribution in [2.75, 3.05) is 5.75 Å². The first-order valence-electron chi connectivity index (χ1n) is 6.96. The molecule has 0 spiro atoms. The van der Waals surface area contributed by atoms with Crippen molar-refractivity contribution >= 4 is 11.8 Å². The van der Waals surface area contributed by atoms with Crippen LogP contribution in [-0.4, -0.2) is 21.8 Å². The van der Waals surface area contributed by atoms with Crippen molar-refractivity contribution in [3.8, 4) is 6.07 Å². The summed E-state index contributed by atoms with van der Waals surface area (Å²) >= 11 is 1.58. The normalized spacial score (nSPS) is 16.9. The number of nitrogens with one attached hydrogen (secondary N) is 1. The number of nitrogens with zero attached hydrogens (tertiary/aromatic N) is 3. The van der Waals surface area contributed by atoms with Crippen molar-refractivity contribution in [3.05, 3.63) is 54.5 Å². The van der Waals surface area contributed by atoms with Crippen LogP contribution in [0, 0.1) is 11.3 Å². The predicted molar refractivity (Wildman–Crippen MR) is 82.6 cm³/mol. The van der Waals surface area contributed by atoms with Crippen LogP contribution in [0.3, 0.4) is 0 Å². The Labute approximate surface area is 128 Å². The lowest BCUT2D eigenvalue weighted by molar-refractivity contribution is 0.470. The third-order valence-electron chi connectivity index (χ3n) is 3.48. The maximum atomic E-state index is 9.83. The molecule has 1 N–H and O–H groups in total. The summed E-state index contributed by atoms with van der Waals surface area (Å²) in [5, 5.41) is 14.2. The number of rotatable bonds is 6. The molecule has 0 bridgehead atoms. The van der Waals surface area contributed by atoms with Crippen molar-refractivity contribution in [3.63, 3.8) is 0 Å². The molecule has 5 heteroatoms. The Morgan fingerprint density at radius 3 is 2.71 bits per heavy atom. The highest BCUT2D eigenvalue weighted by Gasteiger charge is 2.38. The molecule has 0 radical (unpaired) electrons. The Morgan fingerprint density at radius 2 is 2.10 bits per heavy atom. The monoisotopic (exact) mass is 296 g/mol. The molecule has 1 unspecified atom stereocenters. The summed E-state index contributed by atoms with van der Waals surface area (Å²) < 4.78 is 0. The number of benzene rings is 1. The summed E-state index contributed by atoms with van der Waals surface area (Å²) in [5.41, 5.74) is 0.346. The van der Waals surface area contributed by atoms with Crippen LogP contribution in [0.1, 0.15) is 18.4 Å². The van der Waals surface area contributed by atoms with Crippen molar-refractivity contribution in [1.29, 1.82) is 5.26 Å². The molecule has 21 heavy (non-hydrogen) atoms. The van der Waals surface area contributed by atoms with Gasteiger partial charge in [0.25, 0.3) is 0 Å². The number of hydrogen-bond acceptors (Lipinski definition) is 5. The van der Waals surface area contributed by atoms with Gasteiger partial charge in [-0.05, 0) is 24.5 Å². The molecule has 1 aliphatic rings. The van der Waals surface area contributed by atoms with E-state index in [1.807, 2.05) is 36.4 Å². The Hall–Kier alpha value is -1.90. The van der Waals surface area contributed by atoms with E-state index in [0.29, 0.717) is 11.8 Å². The largest absolute Gasteiger partial charge is 0.292 e. The second-order valence-electron chi connectivity index (χ2n) is 5.14. The molecule has 0 amide bonds. The van der Waals surface area contributed by atoms with Gasteiger partial charge in [0, 0.05) is 18.0 Å². The highest BCUT2D eigenvalue weighted by atomic mass is 32.2. The number of thioether (sulfide) groups is 1. The molecule has 1 aromatic carbocycles. The van der Waals surface area contributed by atoms with Crippen LogP contribution in [0.2, 0.25) is 0 Å². The van der Waals surface area contributed by atoms with Gasteiger partial charge >= 0.3 is 0 Å². The van der Waals surface area contributed by atoms with Gasteiger partial charge < -0.3 is 0 Å². The van der Waals surface area contributed by atoms with Crippen molar-refractivity contribution < 1.29 is 0 Å². The van der Waals surface area contributed by atoms with E-state index in [9.17, 15) is 5.26 Å². The lowest BCUT2D eigenvalue weighted by atomic mass is 9.93. The minimum atomic E-state index is -0.669. The number of hydrogen-bond donors (Lipinski definition) is 1. The molecule has 1 fully saturated rings. The first kappa shape index (κ1) is 14.1. The molecule has 1 aromatic heterocycles. The fourth-order valence-electron chi connectivity index (χ4n) is 2.18. The maximum Gasteiger partial charge on any atom is 0.142 e. The molecule has 3 rings (SSSR count). The van der Waals surface area contributed by atoms with Crippen LogP contribution in [0.15, 0.2) is 53.9 Å². The van der Waals surface area contributed by atoms with Gasteiger partial charge in [-0.25, -0.2) is 9.97 Å². The van der Waals surface area contributed by atoms with Crippen molar-refractivity contribution in [1.82, 2.24) is 15.3 Å². The first-order valence-corrected chi connectivity index (χ1v) is 7.94. The Morgan fingerprint density at radius 1 is 1.29 bits per heavy atom. The van der Waals surface area contributed by atoms with Gasteiger partial charge in [0.15, 0.2) is 0 Å². The summed E-state index contributed by atoms with van der Waals surface area (Å²) in [6.45, 7) is 0. The van der Waals surface area contributed by atoms with Gasteiger partial charge in [0.05, 0.1) is 11.1 Å². The summed E-state index contributed by atoms with van der Waals surface area (Å²) in [6, 6.07) is 14.8. The topological polar surface area (TPSA) is 61.6 Å². The van der Waals surface area contributed by atoms with Crippen LogP contribution in [-0.2, 0) is 5.54 Å². The summed E-state index contributed by atoms with van der Waals surface area (Å²) in [5.74, 6) is 0.626. The number of nitriles is 1. The molecule has 1 atom stereocenters. The minimum absolute atomic E-state index is 0.454. The van der Waals surface area contributed by atoms with E-state index in [1.165, 1.54) is 6.33 Å². The van der Waals surface area contributed by atoms with Gasteiger partial charge in [-0.3, -0.25) is 5.32 Å². The predicted octanol–water partition coefficient (Wildman–Crippen LogP) is 2.74. The molecule has 1 aliphatic carbocycles. The lowest BCUT2D eigenvalue weighted by Crippen LogP contribution is -2.44. The molecule has 0 saturated heterocycles. The first-order chi connectivity index (χ1) is 10.3. The highest BCUT2D eigenvalue weighted by Crippen LogP contribution is 2.32. The molecule has 0 aliphatic heterocycles. The average molecular weight is 296 g/mol. The van der Waals surface area contributed by atoms with Crippen LogP contribution in [0.4, 0.5) is 0 Å². The fraction of sp³-hybridized carbons (Fsp3) is 0.312. The Kier molecular flexibility index (Phi) is 4.18. The van der Waals surface area contributed by atoms with E-state index < -0.39 is 5.54 Å². The van der Waals surface area contributed by atoms with Gasteiger partial charge in [0.1, 0.15) is 11.9 Å². The second-order valence-corrected chi connectivity index (χ2v) is 6.13. The smallest absolute Gasteiger partial charge is 0.142 e. The summed E-state index contributed by atoms with van der Waals surface area (Å²) in [6.07, 6.45) is 5.55. The van der Waals surface area contributed by atoms with Gasteiger partial charge in [-0.1, -0.05) is 30.3 Å². The standard InChI is InChI=1S/C16H16N4S/c17-10-16(20-14-6-7-14,13-4-2-1-3-5-13)11-21-15-8-9-18-12-19-15/h1-5,8-9,12,14,20H,6-7,11H2. The third kappa shape index (κ3) is 3.41. The van der Waals surface area contributed by atoms with Gasteiger partial charge in [-0.15, -0.1) is 11.8 Å². The Bertz CT molecular complexity index is 622. The SMILES string of the molecule is N#CC(CSc1ccncn1)(NC1CC1)c1ccccc1. The summed E-state index contributed by atoms with van der Waals surface area (Å²) in [7, 11) is 0. The highest BCUT2D eigenvalue weighted by molar-refractivity contribution is 7.99. The van der Waals surface area contributed by atoms with Gasteiger partial charge in [-0.2, -0.15) is 5.26 Å². The third-order valence-corrected chi connectivity index (χ3v) is 4.59. The van der Waals surface area contributed by atoms with E-state index in [0.717, 1.165) is 23.4 Å². The zero-order chi connectivity index (χ0) is 14.5. The quantitative estimate of drug-likeness (QED) is 0.656. The maximum absolute atomic E-state index is 9.83. The molecule has 4 nitrogen and oxygen atoms in total. The fourth-order valence-corrected chi connectivity index (χ4v) is 3.14. The van der Waals surface area contributed by atoms with Crippen molar-refractivity contribution in [2.24, 2.45) is 0 Å². The Balaban J connectivity index is 1.83. The van der Waals surface area contributed by atoms with E-state index in [1.54, 1.807) is 18.0 Å². The molecule has 1 saturated carbocycles. The van der Waals surface area contributed by atoms with Crippen LogP contribution >= 0.6 is 11.8 Å². The summed E-state index contributed by atoms with van der Waals surface area (Å²) in [4.78, 5) is 8.14. The zero-order valence-electron chi connectivity index (χ0n) is 11.6. The van der Waals surface area contributed by atoms with Crippen LogP contribution in [0.5, 0.6) is 0 Å². The van der Waals surface area contributed by atoms with Crippen molar-refractivity contribution in [2.45, 2.75) is 29.4 Å². The minimum Gasteiger partial charge on any atom is -0.292 e. The van der Waals surface area contributed by atoms with Crippen LogP contribution < -0.4 is 5.32 Å². The molecular formula is C16H16N4S. The zero-order valence-corrected chi connectivity index (χ0v) is 12.4. The van der Waals surface area contributed by atoms with E-state index in [-0.39, 0.29) is 0 Å². The van der Waals surface area contributed by atoms with E-state index in [4.69, 9.17) is 0 Å². The molecule has 2 aromatic rings. The molecule has 106 valence electrons. The molecule has 1 heterocycles. The molecular weight excluding hydrogens is 280 g/mol. The van der Waals surface area contributed by atoms with Crippen LogP contribution in [0.25, 0.3) is 0 Å². The average Bonchev–Trinajstić information content (AvgIpc) is 3.37. The second kappa shape index (κ2) is 6.25. The van der Waals surface area contributed by atoms with E-state index >= 15 is 0 Å². The van der Waals surface area contributed by atoms with Gasteiger partial charge in [0.2, 0.25) is 0 Å². The number of aromatic nitrogens is 2.